The molecule has 0 radical (unpaired) electrons. The molecule has 1 heterocycles. The molecule has 0 spiro atoms. The average molecular weight is 236 g/mol. The Morgan fingerprint density at radius 1 is 1.47 bits per heavy atom. The van der Waals surface area contributed by atoms with Crippen molar-refractivity contribution in [3.63, 3.8) is 0 Å². The molecule has 1 amide bonds. The molecule has 1 N–H and O–H groups in total. The van der Waals surface area contributed by atoms with Crippen LogP contribution in [0.25, 0.3) is 0 Å². The topological polar surface area (TPSA) is 61.9 Å². The second kappa shape index (κ2) is 6.18. The van der Waals surface area contributed by atoms with Gasteiger partial charge in [-0.3, -0.25) is 9.89 Å². The summed E-state index contributed by atoms with van der Waals surface area (Å²) in [6.07, 6.45) is 1.79. The summed E-state index contributed by atoms with van der Waals surface area (Å²) >= 11 is 0. The summed E-state index contributed by atoms with van der Waals surface area (Å²) in [5.74, 6) is 0.868. The first-order chi connectivity index (χ1) is 8.08. The van der Waals surface area contributed by atoms with Crippen molar-refractivity contribution in [2.75, 3.05) is 13.1 Å². The highest BCUT2D eigenvalue weighted by Gasteiger charge is 2.18. The molecule has 17 heavy (non-hydrogen) atoms. The lowest BCUT2D eigenvalue weighted by Gasteiger charge is -2.18. The summed E-state index contributed by atoms with van der Waals surface area (Å²) in [6, 6.07) is 0. The number of carbonyl (C=O) groups excluding carboxylic acids is 1. The maximum atomic E-state index is 12.1. The van der Waals surface area contributed by atoms with Gasteiger partial charge in [0, 0.05) is 19.5 Å². The van der Waals surface area contributed by atoms with Gasteiger partial charge in [0.15, 0.2) is 0 Å². The number of hydrogen-bond acceptors (Lipinski definition) is 3. The molecule has 0 aromatic carbocycles. The Morgan fingerprint density at radius 3 is 2.71 bits per heavy atom. The third-order valence-corrected chi connectivity index (χ3v) is 2.34. The summed E-state index contributed by atoms with van der Waals surface area (Å²) in [4.78, 5) is 17.9. The van der Waals surface area contributed by atoms with Crippen molar-refractivity contribution >= 4 is 5.91 Å². The van der Waals surface area contributed by atoms with Gasteiger partial charge in [-0.25, -0.2) is 4.98 Å². The van der Waals surface area contributed by atoms with E-state index in [4.69, 9.17) is 0 Å². The van der Waals surface area contributed by atoms with E-state index in [2.05, 4.69) is 28.7 Å². The van der Waals surface area contributed by atoms with Gasteiger partial charge >= 0.3 is 0 Å². The van der Waals surface area contributed by atoms with Gasteiger partial charge in [0.25, 0.3) is 5.91 Å². The maximum absolute atomic E-state index is 12.1. The first-order valence-electron chi connectivity index (χ1n) is 5.93. The fourth-order valence-corrected chi connectivity index (χ4v) is 1.53. The second-order valence-corrected chi connectivity index (χ2v) is 4.13. The fourth-order valence-electron chi connectivity index (χ4n) is 1.53. The number of likely N-dealkylation sites (N-methyl/N-ethyl adjacent to an activating group) is 1. The maximum Gasteiger partial charge on any atom is 0.293 e. The number of nitrogens with one attached hydrogen (secondary N) is 1. The molecular weight excluding hydrogens is 216 g/mol. The molecule has 94 valence electrons. The Hall–Kier alpha value is -1.65. The Balaban J connectivity index is 2.75. The van der Waals surface area contributed by atoms with Crippen molar-refractivity contribution in [2.45, 2.75) is 33.6 Å². The second-order valence-electron chi connectivity index (χ2n) is 4.13. The van der Waals surface area contributed by atoms with Crippen LogP contribution < -0.4 is 0 Å². The molecular formula is C12H20N4O. The number of aromatic nitrogens is 3. The molecule has 0 aliphatic carbocycles. The van der Waals surface area contributed by atoms with Gasteiger partial charge in [0.05, 0.1) is 0 Å². The SMILES string of the molecule is C=C(C)CN(CC)C(=O)c1n[nH]c(CCC)n1. The van der Waals surface area contributed by atoms with Crippen molar-refractivity contribution < 1.29 is 4.79 Å². The van der Waals surface area contributed by atoms with Crippen molar-refractivity contribution in [2.24, 2.45) is 0 Å². The number of rotatable bonds is 6. The lowest BCUT2D eigenvalue weighted by atomic mass is 10.3. The molecule has 1 aromatic rings. The lowest BCUT2D eigenvalue weighted by molar-refractivity contribution is 0.0766. The van der Waals surface area contributed by atoms with Crippen LogP contribution in [0.3, 0.4) is 0 Å². The Morgan fingerprint density at radius 2 is 2.18 bits per heavy atom. The average Bonchev–Trinajstić information content (AvgIpc) is 2.74. The van der Waals surface area contributed by atoms with E-state index in [1.54, 1.807) is 4.90 Å². The number of aryl methyl sites for hydroxylation is 1. The minimum absolute atomic E-state index is 0.144. The molecule has 0 aliphatic rings. The molecule has 5 heteroatoms. The van der Waals surface area contributed by atoms with Crippen LogP contribution in [0.5, 0.6) is 0 Å². The summed E-state index contributed by atoms with van der Waals surface area (Å²) in [5.41, 5.74) is 0.949. The minimum atomic E-state index is -0.144. The van der Waals surface area contributed by atoms with Gasteiger partial charge in [0.1, 0.15) is 5.82 Å². The minimum Gasteiger partial charge on any atom is -0.332 e. The number of carbonyl (C=O) groups is 1. The predicted molar refractivity (Wildman–Crippen MR) is 66.8 cm³/mol. The number of amides is 1. The zero-order chi connectivity index (χ0) is 12.8. The Kier molecular flexibility index (Phi) is 4.87. The number of hydrogen-bond donors (Lipinski definition) is 1. The first kappa shape index (κ1) is 13.4. The highest BCUT2D eigenvalue weighted by Crippen LogP contribution is 2.03. The highest BCUT2D eigenvalue weighted by molar-refractivity contribution is 5.90. The van der Waals surface area contributed by atoms with Gasteiger partial charge in [-0.2, -0.15) is 0 Å². The quantitative estimate of drug-likeness (QED) is 0.766. The van der Waals surface area contributed by atoms with E-state index in [-0.39, 0.29) is 11.7 Å². The van der Waals surface area contributed by atoms with E-state index in [9.17, 15) is 4.79 Å². The monoisotopic (exact) mass is 236 g/mol. The van der Waals surface area contributed by atoms with E-state index < -0.39 is 0 Å². The molecule has 0 fully saturated rings. The van der Waals surface area contributed by atoms with Crippen LogP contribution in [0.4, 0.5) is 0 Å². The van der Waals surface area contributed by atoms with E-state index in [0.29, 0.717) is 13.1 Å². The van der Waals surface area contributed by atoms with Gasteiger partial charge in [0.2, 0.25) is 5.82 Å². The van der Waals surface area contributed by atoms with Crippen LogP contribution in [0.15, 0.2) is 12.2 Å². The van der Waals surface area contributed by atoms with Crippen LogP contribution >= 0.6 is 0 Å². The highest BCUT2D eigenvalue weighted by atomic mass is 16.2. The molecule has 5 nitrogen and oxygen atoms in total. The normalized spacial score (nSPS) is 10.3. The Bertz CT molecular complexity index is 397. The molecule has 1 rings (SSSR count). The Labute approximate surface area is 102 Å². The fraction of sp³-hybridized carbons (Fsp3) is 0.583. The molecule has 0 aliphatic heterocycles. The number of H-pyrrole nitrogens is 1. The van der Waals surface area contributed by atoms with Gasteiger partial charge in [-0.15, -0.1) is 5.10 Å². The molecule has 0 unspecified atom stereocenters. The summed E-state index contributed by atoms with van der Waals surface area (Å²) in [5, 5.41) is 6.74. The van der Waals surface area contributed by atoms with Crippen LogP contribution in [-0.2, 0) is 6.42 Å². The first-order valence-corrected chi connectivity index (χ1v) is 5.93. The molecule has 0 atom stereocenters. The van der Waals surface area contributed by atoms with Crippen molar-refractivity contribution in [1.82, 2.24) is 20.1 Å². The molecule has 0 saturated carbocycles. The van der Waals surface area contributed by atoms with Crippen LogP contribution in [0.1, 0.15) is 43.6 Å². The largest absolute Gasteiger partial charge is 0.332 e. The number of aromatic amines is 1. The number of nitrogens with zero attached hydrogens (tertiary/aromatic N) is 3. The summed E-state index contributed by atoms with van der Waals surface area (Å²) in [6.45, 7) is 10.9. The van der Waals surface area contributed by atoms with Crippen molar-refractivity contribution in [3.05, 3.63) is 23.8 Å². The molecule has 0 saturated heterocycles. The van der Waals surface area contributed by atoms with Crippen LogP contribution in [-0.4, -0.2) is 39.1 Å². The summed E-state index contributed by atoms with van der Waals surface area (Å²) in [7, 11) is 0. The standard InChI is InChI=1S/C12H20N4O/c1-5-7-10-13-11(15-14-10)12(17)16(6-2)8-9(3)4/h3,5-8H2,1-2,4H3,(H,13,14,15). The smallest absolute Gasteiger partial charge is 0.293 e. The molecule has 1 aromatic heterocycles. The zero-order valence-electron chi connectivity index (χ0n) is 10.8. The van der Waals surface area contributed by atoms with E-state index >= 15 is 0 Å². The van der Waals surface area contributed by atoms with Crippen molar-refractivity contribution in [3.8, 4) is 0 Å². The van der Waals surface area contributed by atoms with Crippen molar-refractivity contribution in [1.29, 1.82) is 0 Å². The summed E-state index contributed by atoms with van der Waals surface area (Å²) < 4.78 is 0. The van der Waals surface area contributed by atoms with Gasteiger partial charge in [-0.05, 0) is 20.3 Å². The lowest BCUT2D eigenvalue weighted by Crippen LogP contribution is -2.32. The van der Waals surface area contributed by atoms with Crippen LogP contribution in [0.2, 0.25) is 0 Å². The van der Waals surface area contributed by atoms with E-state index in [1.165, 1.54) is 0 Å². The van der Waals surface area contributed by atoms with Crippen LogP contribution in [0, 0.1) is 0 Å². The third kappa shape index (κ3) is 3.69. The zero-order valence-corrected chi connectivity index (χ0v) is 10.8. The molecule has 0 bridgehead atoms. The van der Waals surface area contributed by atoms with E-state index in [0.717, 1.165) is 24.2 Å². The van der Waals surface area contributed by atoms with E-state index in [1.807, 2.05) is 13.8 Å². The van der Waals surface area contributed by atoms with Gasteiger partial charge < -0.3 is 4.90 Å². The predicted octanol–water partition coefficient (Wildman–Crippen LogP) is 1.80. The third-order valence-electron chi connectivity index (χ3n) is 2.34. The van der Waals surface area contributed by atoms with Gasteiger partial charge in [-0.1, -0.05) is 19.1 Å².